The third kappa shape index (κ3) is 7.40. The average Bonchev–Trinajstić information content (AvgIpc) is 1.61. The molecule has 0 rings (SSSR count). The Morgan fingerprint density at radius 2 is 1.00 bits per heavy atom. The maximum Gasteiger partial charge on any atom is 0.0604 e. The molecule has 0 saturated carbocycles. The van der Waals surface area contributed by atoms with Crippen LogP contribution in [0.15, 0.2) is 18.9 Å². The van der Waals surface area contributed by atoms with Crippen LogP contribution in [0.2, 0.25) is 0 Å². The summed E-state index contributed by atoms with van der Waals surface area (Å²) in [6.45, 7) is 0. The first-order valence-electron chi connectivity index (χ1n) is 1.67. The fourth-order valence-electron chi connectivity index (χ4n) is 0.126. The molecule has 0 aliphatic carbocycles. The molecule has 0 bridgehead atoms. The van der Waals surface area contributed by atoms with Gasteiger partial charge in [0.05, 0.1) is 6.78 Å². The van der Waals surface area contributed by atoms with Crippen molar-refractivity contribution in [1.82, 2.24) is 0 Å². The summed E-state index contributed by atoms with van der Waals surface area (Å²) in [6.07, 6.45) is 3.72. The van der Waals surface area contributed by atoms with Gasteiger partial charge in [-0.15, -0.1) is 0 Å². The van der Waals surface area contributed by atoms with Crippen LogP contribution in [0.25, 0.3) is 0 Å². The Morgan fingerprint density at radius 1 is 0.750 bits per heavy atom. The Balaban J connectivity index is 3.76. The Kier molecular flexibility index (Phi) is 6.12. The topological polar surface area (TPSA) is 0 Å². The van der Waals surface area contributed by atoms with Crippen molar-refractivity contribution in [2.75, 3.05) is 0 Å². The lowest BCUT2D eigenvalue weighted by molar-refractivity contribution is 2.08. The van der Waals surface area contributed by atoms with Gasteiger partial charge in [0.1, 0.15) is 0 Å². The Hall–Kier alpha value is 1.40. The predicted molar refractivity (Wildman–Crippen MR) is 51.9 cm³/mol. The summed E-state index contributed by atoms with van der Waals surface area (Å²) in [5, 5.41) is 0. The normalized spacial score (nSPS) is 8.00. The first kappa shape index (κ1) is 9.40. The number of halogens is 4. The van der Waals surface area contributed by atoms with E-state index in [1.165, 1.54) is 0 Å². The maximum atomic E-state index is 3.19. The third-order valence-electron chi connectivity index (χ3n) is 0.335. The molecule has 0 aliphatic rings. The second kappa shape index (κ2) is 5.21. The summed E-state index contributed by atoms with van der Waals surface area (Å²) in [7, 11) is 0. The van der Waals surface area contributed by atoms with Gasteiger partial charge in [-0.2, -0.15) is 0 Å². The molecule has 0 unspecified atom stereocenters. The van der Waals surface area contributed by atoms with Crippen molar-refractivity contribution in [2.24, 2.45) is 0 Å². The third-order valence-corrected chi connectivity index (χ3v) is 1.39. The van der Waals surface area contributed by atoms with Crippen molar-refractivity contribution >= 4 is 63.7 Å². The van der Waals surface area contributed by atoms with Gasteiger partial charge in [0.2, 0.25) is 0 Å². The molecule has 0 nitrogen and oxygen atoms in total. The highest BCUT2D eigenvalue weighted by atomic mass is 79.9. The number of hydrogen-bond donors (Lipinski definition) is 0. The van der Waals surface area contributed by atoms with Crippen LogP contribution >= 0.6 is 63.7 Å². The summed E-state index contributed by atoms with van der Waals surface area (Å²) in [6, 6.07) is 0. The molecule has 0 aromatic heterocycles. The van der Waals surface area contributed by atoms with Gasteiger partial charge >= 0.3 is 0 Å². The van der Waals surface area contributed by atoms with Crippen LogP contribution in [-0.4, -0.2) is 0 Å². The van der Waals surface area contributed by atoms with Crippen molar-refractivity contribution in [3.8, 4) is 0 Å². The number of hydrogen-bond acceptors (Lipinski definition) is 0. The predicted octanol–water partition coefficient (Wildman–Crippen LogP) is 4.25. The van der Waals surface area contributed by atoms with Crippen LogP contribution in [0, 0.1) is 0 Å². The van der Waals surface area contributed by atoms with Crippen LogP contribution in [0.1, 0.15) is 0 Å². The lowest BCUT2D eigenvalue weighted by Gasteiger charge is -1.77. The molecule has 0 fully saturated rings. The van der Waals surface area contributed by atoms with Gasteiger partial charge in [-0.25, -0.2) is 0 Å². The lowest BCUT2D eigenvalue weighted by Crippen LogP contribution is -1.48. The van der Waals surface area contributed by atoms with Crippen molar-refractivity contribution in [1.29, 1.82) is 0 Å². The van der Waals surface area contributed by atoms with Crippen molar-refractivity contribution in [2.45, 2.75) is 0 Å². The first-order valence-corrected chi connectivity index (χ1v) is 4.84. The van der Waals surface area contributed by atoms with Gasteiger partial charge < -0.3 is 0 Å². The van der Waals surface area contributed by atoms with E-state index in [2.05, 4.69) is 63.7 Å². The molecular weight excluding hydrogens is 368 g/mol. The molecule has 0 aromatic carbocycles. The zero-order valence-corrected chi connectivity index (χ0v) is 10.0. The summed E-state index contributed by atoms with van der Waals surface area (Å²) in [4.78, 5) is 0. The molecule has 0 spiro atoms. The van der Waals surface area contributed by atoms with Crippen LogP contribution < -0.4 is 0 Å². The average molecular weight is 370 g/mol. The summed E-state index contributed by atoms with van der Waals surface area (Å²) in [5.41, 5.74) is 0. The quantitative estimate of drug-likeness (QED) is 0.606. The molecule has 0 aromatic rings. The Bertz CT molecular complexity index is 100. The van der Waals surface area contributed by atoms with E-state index in [0.29, 0.717) is 0 Å². The minimum atomic E-state index is 0.918. The molecule has 0 saturated heterocycles. The SMILES string of the molecule is BrC(Br)=CC=C(Br)Br. The molecule has 0 amide bonds. The van der Waals surface area contributed by atoms with E-state index in [1.807, 2.05) is 12.2 Å². The van der Waals surface area contributed by atoms with Crippen molar-refractivity contribution < 1.29 is 0 Å². The summed E-state index contributed by atoms with van der Waals surface area (Å²) in [5.74, 6) is 0. The van der Waals surface area contributed by atoms with Gasteiger partial charge in [0, 0.05) is 0 Å². The molecule has 0 aliphatic heterocycles. The Morgan fingerprint density at radius 3 is 1.12 bits per heavy atom. The zero-order valence-electron chi connectivity index (χ0n) is 3.67. The van der Waals surface area contributed by atoms with E-state index in [9.17, 15) is 0 Å². The second-order valence-electron chi connectivity index (χ2n) is 0.913. The lowest BCUT2D eigenvalue weighted by atomic mass is 10.6. The monoisotopic (exact) mass is 366 g/mol. The molecule has 0 heterocycles. The minimum absolute atomic E-state index is 0.918. The van der Waals surface area contributed by atoms with E-state index >= 15 is 0 Å². The van der Waals surface area contributed by atoms with Crippen LogP contribution in [-0.2, 0) is 0 Å². The number of allylic oxidation sites excluding steroid dienone is 2. The highest BCUT2D eigenvalue weighted by Gasteiger charge is 1.78. The van der Waals surface area contributed by atoms with Crippen molar-refractivity contribution in [3.63, 3.8) is 0 Å². The van der Waals surface area contributed by atoms with Crippen LogP contribution in [0.3, 0.4) is 0 Å². The van der Waals surface area contributed by atoms with Crippen LogP contribution in [0.5, 0.6) is 0 Å². The van der Waals surface area contributed by atoms with Gasteiger partial charge in [0.25, 0.3) is 0 Å². The highest BCUT2D eigenvalue weighted by molar-refractivity contribution is 9.28. The summed E-state index contributed by atoms with van der Waals surface area (Å²) < 4.78 is 1.84. The molecule has 8 heavy (non-hydrogen) atoms. The molecular formula is C4H2Br4. The molecule has 0 radical (unpaired) electrons. The summed E-state index contributed by atoms with van der Waals surface area (Å²) >= 11 is 12.8. The maximum absolute atomic E-state index is 3.19. The minimum Gasteiger partial charge on any atom is -0.0426 e. The van der Waals surface area contributed by atoms with Gasteiger partial charge in [-0.1, -0.05) is 0 Å². The second-order valence-corrected chi connectivity index (χ2v) is 6.46. The van der Waals surface area contributed by atoms with E-state index in [0.717, 1.165) is 6.78 Å². The van der Waals surface area contributed by atoms with E-state index in [4.69, 9.17) is 0 Å². The molecule has 0 N–H and O–H groups in total. The first-order chi connectivity index (χ1) is 3.63. The van der Waals surface area contributed by atoms with Gasteiger partial charge in [0.15, 0.2) is 0 Å². The van der Waals surface area contributed by atoms with E-state index in [-0.39, 0.29) is 0 Å². The fourth-order valence-corrected chi connectivity index (χ4v) is 0.655. The van der Waals surface area contributed by atoms with Gasteiger partial charge in [-0.3, -0.25) is 0 Å². The van der Waals surface area contributed by atoms with Crippen molar-refractivity contribution in [3.05, 3.63) is 18.9 Å². The Labute approximate surface area is 81.9 Å². The fraction of sp³-hybridized carbons (Fsp3) is 0. The molecule has 46 valence electrons. The number of rotatable bonds is 1. The highest BCUT2D eigenvalue weighted by Crippen LogP contribution is 2.17. The molecule has 0 atom stereocenters. The van der Waals surface area contributed by atoms with Crippen LogP contribution in [0.4, 0.5) is 0 Å². The van der Waals surface area contributed by atoms with E-state index in [1.54, 1.807) is 0 Å². The smallest absolute Gasteiger partial charge is 0.0426 e. The van der Waals surface area contributed by atoms with Gasteiger partial charge in [-0.05, 0) is 75.9 Å². The van der Waals surface area contributed by atoms with E-state index < -0.39 is 0 Å². The standard InChI is InChI=1S/C4H2Br4/c5-3(6)1-2-4(7)8/h1-2H. The largest absolute Gasteiger partial charge is 0.0604 e. The zero-order chi connectivity index (χ0) is 6.57. The molecule has 4 heteroatoms.